The van der Waals surface area contributed by atoms with Crippen molar-refractivity contribution >= 4 is 0 Å². The van der Waals surface area contributed by atoms with Crippen molar-refractivity contribution in [2.75, 3.05) is 26.7 Å². The number of piperidine rings is 1. The lowest BCUT2D eigenvalue weighted by Crippen LogP contribution is -2.52. The van der Waals surface area contributed by atoms with Gasteiger partial charge in [-0.25, -0.2) is 0 Å². The number of nitrogens with one attached hydrogen (secondary N) is 1. The van der Waals surface area contributed by atoms with Crippen molar-refractivity contribution in [2.24, 2.45) is 0 Å². The fourth-order valence-corrected chi connectivity index (χ4v) is 3.03. The summed E-state index contributed by atoms with van der Waals surface area (Å²) in [7, 11) is 2.19. The summed E-state index contributed by atoms with van der Waals surface area (Å²) in [6.45, 7) is 4.22. The van der Waals surface area contributed by atoms with Crippen molar-refractivity contribution < 1.29 is 4.52 Å². The first kappa shape index (κ1) is 9.36. The van der Waals surface area contributed by atoms with E-state index in [1.54, 1.807) is 0 Å². The molecule has 3 heterocycles. The van der Waals surface area contributed by atoms with Crippen LogP contribution in [0.3, 0.4) is 0 Å². The zero-order valence-electron chi connectivity index (χ0n) is 9.12. The summed E-state index contributed by atoms with van der Waals surface area (Å²) in [5.74, 6) is 1.13. The third-order valence-corrected chi connectivity index (χ3v) is 3.67. The third-order valence-electron chi connectivity index (χ3n) is 3.67. The highest BCUT2D eigenvalue weighted by Crippen LogP contribution is 2.37. The van der Waals surface area contributed by atoms with E-state index in [2.05, 4.69) is 22.4 Å². The summed E-state index contributed by atoms with van der Waals surface area (Å²) in [5.41, 5.74) is 1.42. The zero-order valence-corrected chi connectivity index (χ0v) is 9.12. The van der Waals surface area contributed by atoms with E-state index in [4.69, 9.17) is 4.52 Å². The molecule has 0 aromatic carbocycles. The third kappa shape index (κ3) is 1.40. The number of hydrogen-bond acceptors (Lipinski definition) is 4. The summed E-state index contributed by atoms with van der Waals surface area (Å²) in [6.07, 6.45) is 4.32. The second-order valence-corrected chi connectivity index (χ2v) is 4.91. The van der Waals surface area contributed by atoms with Gasteiger partial charge in [-0.2, -0.15) is 0 Å². The predicted octanol–water partition coefficient (Wildman–Crippen LogP) is 0.741. The molecular formula is C11H17N3O. The molecule has 4 heteroatoms. The highest BCUT2D eigenvalue weighted by atomic mass is 16.5. The molecule has 0 bridgehead atoms. The van der Waals surface area contributed by atoms with Gasteiger partial charge in [0.15, 0.2) is 0 Å². The van der Waals surface area contributed by atoms with Crippen LogP contribution in [0, 0.1) is 0 Å². The Balaban J connectivity index is 1.99. The molecule has 82 valence electrons. The van der Waals surface area contributed by atoms with Gasteiger partial charge >= 0.3 is 0 Å². The van der Waals surface area contributed by atoms with E-state index in [1.807, 2.05) is 6.20 Å². The Morgan fingerprint density at radius 1 is 1.60 bits per heavy atom. The van der Waals surface area contributed by atoms with Crippen LogP contribution in [0.5, 0.6) is 0 Å². The summed E-state index contributed by atoms with van der Waals surface area (Å²) in [4.78, 5) is 2.39. The van der Waals surface area contributed by atoms with Crippen molar-refractivity contribution in [3.8, 4) is 0 Å². The number of nitrogens with zero attached hydrogens (tertiary/aromatic N) is 2. The standard InChI is InChI=1S/C11H17N3O/c1-14-4-2-3-11(8-14)7-12-5-9-6-13-15-10(9)11/h6,12H,2-5,7-8H2,1H3. The first-order chi connectivity index (χ1) is 7.30. The maximum Gasteiger partial charge on any atom is 0.149 e. The van der Waals surface area contributed by atoms with Crippen LogP contribution in [0.15, 0.2) is 10.7 Å². The van der Waals surface area contributed by atoms with Crippen molar-refractivity contribution in [1.29, 1.82) is 0 Å². The average Bonchev–Trinajstić information content (AvgIpc) is 2.67. The van der Waals surface area contributed by atoms with E-state index in [1.165, 1.54) is 24.9 Å². The lowest BCUT2D eigenvalue weighted by atomic mass is 9.75. The van der Waals surface area contributed by atoms with Gasteiger partial charge in [0.1, 0.15) is 5.76 Å². The van der Waals surface area contributed by atoms with E-state index in [9.17, 15) is 0 Å². The second-order valence-electron chi connectivity index (χ2n) is 4.91. The lowest BCUT2D eigenvalue weighted by Gasteiger charge is -2.42. The van der Waals surface area contributed by atoms with Gasteiger partial charge in [-0.05, 0) is 26.4 Å². The van der Waals surface area contributed by atoms with E-state index in [-0.39, 0.29) is 5.41 Å². The summed E-state index contributed by atoms with van der Waals surface area (Å²) >= 11 is 0. The summed E-state index contributed by atoms with van der Waals surface area (Å²) in [6, 6.07) is 0. The minimum absolute atomic E-state index is 0.178. The Hall–Kier alpha value is -0.870. The Bertz CT molecular complexity index is 362. The van der Waals surface area contributed by atoms with Crippen molar-refractivity contribution in [3.63, 3.8) is 0 Å². The number of rotatable bonds is 0. The fraction of sp³-hybridized carbons (Fsp3) is 0.727. The maximum absolute atomic E-state index is 5.48. The van der Waals surface area contributed by atoms with Crippen molar-refractivity contribution in [2.45, 2.75) is 24.8 Å². The Kier molecular flexibility index (Phi) is 2.07. The normalized spacial score (nSPS) is 31.8. The highest BCUT2D eigenvalue weighted by Gasteiger charge is 2.42. The molecule has 1 spiro atoms. The van der Waals surface area contributed by atoms with Crippen LogP contribution < -0.4 is 5.32 Å². The molecule has 15 heavy (non-hydrogen) atoms. The van der Waals surface area contributed by atoms with Gasteiger partial charge in [-0.3, -0.25) is 0 Å². The van der Waals surface area contributed by atoms with Crippen LogP contribution in [0.2, 0.25) is 0 Å². The number of likely N-dealkylation sites (tertiary alicyclic amines) is 1. The van der Waals surface area contributed by atoms with Gasteiger partial charge in [-0.1, -0.05) is 5.16 Å². The lowest BCUT2D eigenvalue weighted by molar-refractivity contribution is 0.134. The number of hydrogen-bond donors (Lipinski definition) is 1. The Labute approximate surface area is 89.6 Å². The van der Waals surface area contributed by atoms with Crippen LogP contribution in [-0.4, -0.2) is 36.7 Å². The average molecular weight is 207 g/mol. The second kappa shape index (κ2) is 3.32. The Morgan fingerprint density at radius 3 is 3.40 bits per heavy atom. The summed E-state index contributed by atoms with van der Waals surface area (Å²) in [5, 5.41) is 7.43. The quantitative estimate of drug-likeness (QED) is 0.681. The maximum atomic E-state index is 5.48. The molecule has 1 unspecified atom stereocenters. The molecule has 1 N–H and O–H groups in total. The first-order valence-electron chi connectivity index (χ1n) is 5.63. The van der Waals surface area contributed by atoms with E-state index >= 15 is 0 Å². The molecule has 1 saturated heterocycles. The number of aromatic nitrogens is 1. The van der Waals surface area contributed by atoms with Crippen LogP contribution >= 0.6 is 0 Å². The molecular weight excluding hydrogens is 190 g/mol. The fourth-order valence-electron chi connectivity index (χ4n) is 3.03. The van der Waals surface area contributed by atoms with E-state index in [0.29, 0.717) is 0 Å². The molecule has 4 nitrogen and oxygen atoms in total. The van der Waals surface area contributed by atoms with Gasteiger partial charge < -0.3 is 14.7 Å². The molecule has 0 radical (unpaired) electrons. The minimum atomic E-state index is 0.178. The molecule has 3 rings (SSSR count). The van der Waals surface area contributed by atoms with Gasteiger partial charge in [-0.15, -0.1) is 0 Å². The molecule has 2 aliphatic rings. The SMILES string of the molecule is CN1CCCC2(CNCc3cnoc32)C1. The molecule has 0 amide bonds. The van der Waals surface area contributed by atoms with Crippen LogP contribution in [-0.2, 0) is 12.0 Å². The number of likely N-dealkylation sites (N-methyl/N-ethyl adjacent to an activating group) is 1. The van der Waals surface area contributed by atoms with Gasteiger partial charge in [0.2, 0.25) is 0 Å². The van der Waals surface area contributed by atoms with Crippen molar-refractivity contribution in [1.82, 2.24) is 15.4 Å². The van der Waals surface area contributed by atoms with Crippen LogP contribution in [0.1, 0.15) is 24.2 Å². The Morgan fingerprint density at radius 2 is 2.53 bits per heavy atom. The van der Waals surface area contributed by atoms with Crippen LogP contribution in [0.25, 0.3) is 0 Å². The van der Waals surface area contributed by atoms with Gasteiger partial charge in [0.05, 0.1) is 11.6 Å². The largest absolute Gasteiger partial charge is 0.360 e. The number of fused-ring (bicyclic) bond motifs is 2. The molecule has 0 aliphatic carbocycles. The highest BCUT2D eigenvalue weighted by molar-refractivity contribution is 5.28. The van der Waals surface area contributed by atoms with E-state index in [0.717, 1.165) is 25.4 Å². The molecule has 0 saturated carbocycles. The smallest absolute Gasteiger partial charge is 0.149 e. The minimum Gasteiger partial charge on any atom is -0.360 e. The molecule has 1 fully saturated rings. The molecule has 2 aliphatic heterocycles. The van der Waals surface area contributed by atoms with Gasteiger partial charge in [0, 0.05) is 25.2 Å². The zero-order chi connectivity index (χ0) is 10.3. The predicted molar refractivity (Wildman–Crippen MR) is 56.6 cm³/mol. The van der Waals surface area contributed by atoms with Crippen molar-refractivity contribution in [3.05, 3.63) is 17.5 Å². The van der Waals surface area contributed by atoms with Crippen LogP contribution in [0.4, 0.5) is 0 Å². The summed E-state index contributed by atoms with van der Waals surface area (Å²) < 4.78 is 5.48. The molecule has 1 aromatic heterocycles. The topological polar surface area (TPSA) is 41.3 Å². The van der Waals surface area contributed by atoms with E-state index < -0.39 is 0 Å². The molecule has 1 atom stereocenters. The monoisotopic (exact) mass is 207 g/mol. The van der Waals surface area contributed by atoms with Gasteiger partial charge in [0.25, 0.3) is 0 Å². The first-order valence-corrected chi connectivity index (χ1v) is 5.63. The molecule has 1 aromatic rings.